The molecular formula is C20H18F2N2O3S. The van der Waals surface area contributed by atoms with E-state index >= 15 is 0 Å². The van der Waals surface area contributed by atoms with Crippen molar-refractivity contribution in [2.75, 3.05) is 18.2 Å². The number of amides is 1. The van der Waals surface area contributed by atoms with Gasteiger partial charge in [-0.1, -0.05) is 24.3 Å². The summed E-state index contributed by atoms with van der Waals surface area (Å²) in [6.45, 7) is -3.02. The number of nitriles is 1. The lowest BCUT2D eigenvalue weighted by molar-refractivity contribution is -0.111. The van der Waals surface area contributed by atoms with E-state index in [1.165, 1.54) is 43.2 Å². The molecule has 0 spiro atoms. The monoisotopic (exact) mass is 404 g/mol. The topological polar surface area (TPSA) is 71.3 Å². The number of rotatable bonds is 9. The third-order valence-electron chi connectivity index (χ3n) is 3.47. The van der Waals surface area contributed by atoms with E-state index in [1.54, 1.807) is 18.2 Å². The number of para-hydroxylation sites is 2. The second kappa shape index (κ2) is 10.9. The minimum Gasteiger partial charge on any atom is -0.493 e. The second-order valence-electron chi connectivity index (χ2n) is 5.33. The van der Waals surface area contributed by atoms with Crippen molar-refractivity contribution >= 4 is 29.4 Å². The minimum atomic E-state index is -3.02. The molecule has 1 N–H and O–H groups in total. The van der Waals surface area contributed by atoms with Crippen molar-refractivity contribution in [1.29, 1.82) is 5.26 Å². The summed E-state index contributed by atoms with van der Waals surface area (Å²) in [5.74, 6) is 0.176. The van der Waals surface area contributed by atoms with Crippen LogP contribution in [0.1, 0.15) is 12.0 Å². The number of anilines is 1. The van der Waals surface area contributed by atoms with Crippen LogP contribution in [0.25, 0.3) is 6.08 Å². The predicted molar refractivity (Wildman–Crippen MR) is 105 cm³/mol. The molecule has 2 aromatic rings. The lowest BCUT2D eigenvalue weighted by atomic mass is 10.1. The maximum atomic E-state index is 12.7. The van der Waals surface area contributed by atoms with Crippen LogP contribution in [0.5, 0.6) is 11.5 Å². The molecule has 0 fully saturated rings. The number of halogens is 2. The number of benzene rings is 2. The highest BCUT2D eigenvalue weighted by Crippen LogP contribution is 2.33. The standard InChI is InChI=1S/C20H18F2N2O3S/c1-26-16-8-4-6-14(19(16)27-20(21)22)10-11-18(25)24-15-7-2-3-9-17(15)28-13-5-12-23/h2-4,6-11,20H,5,13H2,1H3,(H,24,25). The van der Waals surface area contributed by atoms with E-state index in [0.717, 1.165) is 4.90 Å². The summed E-state index contributed by atoms with van der Waals surface area (Å²) >= 11 is 1.46. The highest BCUT2D eigenvalue weighted by molar-refractivity contribution is 7.99. The Bertz CT molecular complexity index is 882. The molecule has 146 valence electrons. The van der Waals surface area contributed by atoms with Crippen LogP contribution in [0.4, 0.5) is 14.5 Å². The molecular weight excluding hydrogens is 386 g/mol. The summed E-state index contributed by atoms with van der Waals surface area (Å²) in [6, 6.07) is 13.9. The normalized spacial score (nSPS) is 10.7. The molecule has 0 heterocycles. The number of carbonyl (C=O) groups is 1. The van der Waals surface area contributed by atoms with Crippen LogP contribution in [-0.2, 0) is 4.79 Å². The average molecular weight is 404 g/mol. The van der Waals surface area contributed by atoms with E-state index in [-0.39, 0.29) is 17.1 Å². The molecule has 0 saturated heterocycles. The number of methoxy groups -OCH3 is 1. The summed E-state index contributed by atoms with van der Waals surface area (Å²) in [6.07, 6.45) is 3.00. The Morgan fingerprint density at radius 1 is 1.29 bits per heavy atom. The van der Waals surface area contributed by atoms with Crippen LogP contribution < -0.4 is 14.8 Å². The molecule has 2 aromatic carbocycles. The van der Waals surface area contributed by atoms with Gasteiger partial charge in [0.05, 0.1) is 18.9 Å². The van der Waals surface area contributed by atoms with Gasteiger partial charge in [-0.25, -0.2) is 0 Å². The van der Waals surface area contributed by atoms with Gasteiger partial charge in [0.25, 0.3) is 0 Å². The van der Waals surface area contributed by atoms with Crippen molar-refractivity contribution in [1.82, 2.24) is 0 Å². The van der Waals surface area contributed by atoms with Gasteiger partial charge < -0.3 is 14.8 Å². The fraction of sp³-hybridized carbons (Fsp3) is 0.200. The van der Waals surface area contributed by atoms with E-state index in [2.05, 4.69) is 16.1 Å². The lowest BCUT2D eigenvalue weighted by Gasteiger charge is -2.12. The van der Waals surface area contributed by atoms with Gasteiger partial charge in [0.1, 0.15) is 0 Å². The number of thioether (sulfide) groups is 1. The van der Waals surface area contributed by atoms with Crippen LogP contribution in [0.2, 0.25) is 0 Å². The van der Waals surface area contributed by atoms with E-state index in [4.69, 9.17) is 10.00 Å². The van der Waals surface area contributed by atoms with Crippen molar-refractivity contribution < 1.29 is 23.0 Å². The number of ether oxygens (including phenoxy) is 2. The Kier molecular flexibility index (Phi) is 8.31. The molecule has 0 unspecified atom stereocenters. The molecule has 1 amide bonds. The Hall–Kier alpha value is -3.05. The molecule has 28 heavy (non-hydrogen) atoms. The van der Waals surface area contributed by atoms with Gasteiger partial charge in [-0.2, -0.15) is 14.0 Å². The first kappa shape index (κ1) is 21.3. The first-order valence-corrected chi connectivity index (χ1v) is 9.23. The van der Waals surface area contributed by atoms with Gasteiger partial charge in [0, 0.05) is 28.7 Å². The molecule has 0 atom stereocenters. The van der Waals surface area contributed by atoms with Crippen LogP contribution >= 0.6 is 11.8 Å². The fourth-order valence-corrected chi connectivity index (χ4v) is 3.14. The summed E-state index contributed by atoms with van der Waals surface area (Å²) < 4.78 is 34.9. The first-order chi connectivity index (χ1) is 13.5. The Balaban J connectivity index is 2.14. The van der Waals surface area contributed by atoms with Crippen LogP contribution in [0.3, 0.4) is 0 Å². The largest absolute Gasteiger partial charge is 0.493 e. The Morgan fingerprint density at radius 2 is 2.07 bits per heavy atom. The average Bonchev–Trinajstić information content (AvgIpc) is 2.68. The zero-order valence-corrected chi connectivity index (χ0v) is 15.8. The quantitative estimate of drug-likeness (QED) is 0.364. The molecule has 0 aliphatic carbocycles. The smallest absolute Gasteiger partial charge is 0.387 e. The maximum Gasteiger partial charge on any atom is 0.387 e. The zero-order chi connectivity index (χ0) is 20.4. The highest BCUT2D eigenvalue weighted by Gasteiger charge is 2.14. The molecule has 0 aliphatic heterocycles. The van der Waals surface area contributed by atoms with E-state index in [0.29, 0.717) is 17.9 Å². The number of carbonyl (C=O) groups excluding carboxylic acids is 1. The van der Waals surface area contributed by atoms with E-state index < -0.39 is 12.5 Å². The van der Waals surface area contributed by atoms with Crippen molar-refractivity contribution in [2.24, 2.45) is 0 Å². The first-order valence-electron chi connectivity index (χ1n) is 8.24. The Morgan fingerprint density at radius 3 is 2.79 bits per heavy atom. The van der Waals surface area contributed by atoms with Gasteiger partial charge >= 0.3 is 6.61 Å². The molecule has 8 heteroatoms. The van der Waals surface area contributed by atoms with Gasteiger partial charge in [0.2, 0.25) is 5.91 Å². The van der Waals surface area contributed by atoms with Gasteiger partial charge in [-0.15, -0.1) is 11.8 Å². The highest BCUT2D eigenvalue weighted by atomic mass is 32.2. The fourth-order valence-electron chi connectivity index (χ4n) is 2.28. The zero-order valence-electron chi connectivity index (χ0n) is 15.0. The van der Waals surface area contributed by atoms with Crippen molar-refractivity contribution in [2.45, 2.75) is 17.9 Å². The molecule has 0 aromatic heterocycles. The molecule has 0 radical (unpaired) electrons. The number of hydrogen-bond acceptors (Lipinski definition) is 5. The maximum absolute atomic E-state index is 12.7. The van der Waals surface area contributed by atoms with Crippen molar-refractivity contribution in [3.05, 3.63) is 54.1 Å². The van der Waals surface area contributed by atoms with Crippen LogP contribution in [-0.4, -0.2) is 25.4 Å². The van der Waals surface area contributed by atoms with E-state index in [9.17, 15) is 13.6 Å². The van der Waals surface area contributed by atoms with Crippen LogP contribution in [0, 0.1) is 11.3 Å². The Labute approximate surface area is 166 Å². The van der Waals surface area contributed by atoms with Crippen molar-refractivity contribution in [3.63, 3.8) is 0 Å². The molecule has 0 saturated carbocycles. The third kappa shape index (κ3) is 6.28. The predicted octanol–water partition coefficient (Wildman–Crippen LogP) is 4.95. The summed E-state index contributed by atoms with van der Waals surface area (Å²) in [7, 11) is 1.34. The third-order valence-corrected chi connectivity index (χ3v) is 4.54. The van der Waals surface area contributed by atoms with Gasteiger partial charge in [0.15, 0.2) is 11.5 Å². The summed E-state index contributed by atoms with van der Waals surface area (Å²) in [5, 5.41) is 11.4. The molecule has 5 nitrogen and oxygen atoms in total. The second-order valence-corrected chi connectivity index (χ2v) is 6.47. The number of nitrogens with one attached hydrogen (secondary N) is 1. The SMILES string of the molecule is COc1cccc(C=CC(=O)Nc2ccccc2SCCC#N)c1OC(F)F. The molecule has 0 bridgehead atoms. The number of hydrogen-bond donors (Lipinski definition) is 1. The molecule has 0 aliphatic rings. The van der Waals surface area contributed by atoms with Crippen LogP contribution in [0.15, 0.2) is 53.4 Å². The van der Waals surface area contributed by atoms with E-state index in [1.807, 2.05) is 12.1 Å². The minimum absolute atomic E-state index is 0.141. The van der Waals surface area contributed by atoms with Crippen molar-refractivity contribution in [3.8, 4) is 17.6 Å². The number of nitrogens with zero attached hydrogens (tertiary/aromatic N) is 1. The van der Waals surface area contributed by atoms with Gasteiger partial charge in [-0.05, 0) is 24.3 Å². The molecule has 2 rings (SSSR count). The summed E-state index contributed by atoms with van der Waals surface area (Å²) in [4.78, 5) is 13.1. The lowest BCUT2D eigenvalue weighted by Crippen LogP contribution is -2.09. The number of alkyl halides is 2. The van der Waals surface area contributed by atoms with Gasteiger partial charge in [-0.3, -0.25) is 4.79 Å². The summed E-state index contributed by atoms with van der Waals surface area (Å²) in [5.41, 5.74) is 0.890.